The maximum Gasteiger partial charge on any atom is 0.0416 e. The molecular formula is C16H20N2. The van der Waals surface area contributed by atoms with Gasteiger partial charge >= 0.3 is 0 Å². The molecule has 18 heavy (non-hydrogen) atoms. The SMILES string of the molecule is CCCc1ccc(NCc2cncc(C)c2)cc1. The lowest BCUT2D eigenvalue weighted by molar-refractivity contribution is 0.922. The summed E-state index contributed by atoms with van der Waals surface area (Å²) in [6, 6.07) is 10.8. The Balaban J connectivity index is 1.93. The zero-order valence-corrected chi connectivity index (χ0v) is 11.1. The van der Waals surface area contributed by atoms with Gasteiger partial charge in [-0.15, -0.1) is 0 Å². The van der Waals surface area contributed by atoms with E-state index >= 15 is 0 Å². The topological polar surface area (TPSA) is 24.9 Å². The minimum absolute atomic E-state index is 0.821. The van der Waals surface area contributed by atoms with Gasteiger partial charge in [-0.25, -0.2) is 0 Å². The van der Waals surface area contributed by atoms with Crippen molar-refractivity contribution in [3.63, 3.8) is 0 Å². The predicted octanol–water partition coefficient (Wildman–Crippen LogP) is 3.95. The van der Waals surface area contributed by atoms with Gasteiger partial charge in [0.2, 0.25) is 0 Å². The standard InChI is InChI=1S/C16H20N2/c1-3-4-14-5-7-16(8-6-14)18-12-15-9-13(2)10-17-11-15/h5-11,18H,3-4,12H2,1-2H3. The molecule has 0 bridgehead atoms. The Kier molecular flexibility index (Phi) is 4.35. The van der Waals surface area contributed by atoms with Crippen LogP contribution in [0.25, 0.3) is 0 Å². The second kappa shape index (κ2) is 6.20. The van der Waals surface area contributed by atoms with E-state index in [9.17, 15) is 0 Å². The van der Waals surface area contributed by atoms with E-state index in [1.165, 1.54) is 23.1 Å². The van der Waals surface area contributed by atoms with E-state index < -0.39 is 0 Å². The normalized spacial score (nSPS) is 10.3. The Bertz CT molecular complexity index is 489. The number of aryl methyl sites for hydroxylation is 2. The van der Waals surface area contributed by atoms with Crippen molar-refractivity contribution in [1.29, 1.82) is 0 Å². The molecule has 0 saturated carbocycles. The number of rotatable bonds is 5. The van der Waals surface area contributed by atoms with Crippen LogP contribution in [0.1, 0.15) is 30.0 Å². The van der Waals surface area contributed by atoms with Crippen LogP contribution >= 0.6 is 0 Å². The molecule has 2 aromatic rings. The van der Waals surface area contributed by atoms with E-state index in [1.807, 2.05) is 12.4 Å². The van der Waals surface area contributed by atoms with Crippen LogP contribution in [0, 0.1) is 6.92 Å². The average molecular weight is 240 g/mol. The van der Waals surface area contributed by atoms with Crippen LogP contribution in [0.3, 0.4) is 0 Å². The Morgan fingerprint density at radius 2 is 1.83 bits per heavy atom. The van der Waals surface area contributed by atoms with Gasteiger partial charge in [-0.2, -0.15) is 0 Å². The third-order valence-electron chi connectivity index (χ3n) is 2.92. The first-order valence-electron chi connectivity index (χ1n) is 6.51. The van der Waals surface area contributed by atoms with E-state index in [-0.39, 0.29) is 0 Å². The predicted molar refractivity (Wildman–Crippen MR) is 76.7 cm³/mol. The summed E-state index contributed by atoms with van der Waals surface area (Å²) in [6.07, 6.45) is 6.14. The lowest BCUT2D eigenvalue weighted by Crippen LogP contribution is -2.00. The number of pyridine rings is 1. The van der Waals surface area contributed by atoms with Gasteiger partial charge in [0.15, 0.2) is 0 Å². The van der Waals surface area contributed by atoms with Crippen LogP contribution in [0.5, 0.6) is 0 Å². The van der Waals surface area contributed by atoms with E-state index in [0.717, 1.165) is 18.7 Å². The van der Waals surface area contributed by atoms with Crippen molar-refractivity contribution >= 4 is 5.69 Å². The van der Waals surface area contributed by atoms with Gasteiger partial charge in [0.25, 0.3) is 0 Å². The second-order valence-corrected chi connectivity index (χ2v) is 4.67. The van der Waals surface area contributed by atoms with Crippen LogP contribution in [0.15, 0.2) is 42.7 Å². The highest BCUT2D eigenvalue weighted by atomic mass is 14.9. The molecule has 2 heteroatoms. The minimum Gasteiger partial charge on any atom is -0.381 e. The molecule has 0 saturated heterocycles. The highest BCUT2D eigenvalue weighted by Gasteiger charge is 1.96. The molecule has 0 aliphatic carbocycles. The molecule has 0 aliphatic rings. The van der Waals surface area contributed by atoms with Gasteiger partial charge in [-0.1, -0.05) is 31.5 Å². The average Bonchev–Trinajstić information content (AvgIpc) is 2.38. The van der Waals surface area contributed by atoms with Gasteiger partial charge in [0, 0.05) is 24.6 Å². The number of anilines is 1. The van der Waals surface area contributed by atoms with Crippen LogP contribution in [0.4, 0.5) is 5.69 Å². The molecule has 0 aliphatic heterocycles. The summed E-state index contributed by atoms with van der Waals surface area (Å²) in [6.45, 7) is 5.09. The van der Waals surface area contributed by atoms with Crippen molar-refractivity contribution in [2.24, 2.45) is 0 Å². The van der Waals surface area contributed by atoms with Crippen molar-refractivity contribution < 1.29 is 0 Å². The number of benzene rings is 1. The fourth-order valence-electron chi connectivity index (χ4n) is 2.00. The van der Waals surface area contributed by atoms with E-state index in [0.29, 0.717) is 0 Å². The zero-order chi connectivity index (χ0) is 12.8. The lowest BCUT2D eigenvalue weighted by atomic mass is 10.1. The van der Waals surface area contributed by atoms with Crippen molar-refractivity contribution in [3.05, 3.63) is 59.4 Å². The first-order chi connectivity index (χ1) is 8.78. The molecule has 0 atom stereocenters. The fraction of sp³-hybridized carbons (Fsp3) is 0.312. The molecule has 1 heterocycles. The van der Waals surface area contributed by atoms with Crippen molar-refractivity contribution in [3.8, 4) is 0 Å². The number of nitrogens with one attached hydrogen (secondary N) is 1. The maximum absolute atomic E-state index is 4.19. The van der Waals surface area contributed by atoms with Crippen molar-refractivity contribution in [2.75, 3.05) is 5.32 Å². The highest BCUT2D eigenvalue weighted by molar-refractivity contribution is 5.45. The first kappa shape index (κ1) is 12.6. The van der Waals surface area contributed by atoms with Crippen LogP contribution < -0.4 is 5.32 Å². The molecule has 94 valence electrons. The monoisotopic (exact) mass is 240 g/mol. The van der Waals surface area contributed by atoms with Gasteiger partial charge in [-0.3, -0.25) is 4.98 Å². The quantitative estimate of drug-likeness (QED) is 0.855. The minimum atomic E-state index is 0.821. The summed E-state index contributed by atoms with van der Waals surface area (Å²) in [5.74, 6) is 0. The largest absolute Gasteiger partial charge is 0.381 e. The first-order valence-corrected chi connectivity index (χ1v) is 6.51. The summed E-state index contributed by atoms with van der Waals surface area (Å²) in [4.78, 5) is 4.19. The van der Waals surface area contributed by atoms with Gasteiger partial charge in [0.1, 0.15) is 0 Å². The number of hydrogen-bond donors (Lipinski definition) is 1. The molecule has 0 unspecified atom stereocenters. The van der Waals surface area contributed by atoms with Gasteiger partial charge < -0.3 is 5.32 Å². The smallest absolute Gasteiger partial charge is 0.0416 e. The summed E-state index contributed by atoms with van der Waals surface area (Å²) in [7, 11) is 0. The Morgan fingerprint density at radius 3 is 2.50 bits per heavy atom. The number of hydrogen-bond acceptors (Lipinski definition) is 2. The fourth-order valence-corrected chi connectivity index (χ4v) is 2.00. The Morgan fingerprint density at radius 1 is 1.06 bits per heavy atom. The summed E-state index contributed by atoms with van der Waals surface area (Å²) >= 11 is 0. The molecule has 0 radical (unpaired) electrons. The molecule has 0 spiro atoms. The van der Waals surface area contributed by atoms with E-state index in [1.54, 1.807) is 0 Å². The summed E-state index contributed by atoms with van der Waals surface area (Å²) < 4.78 is 0. The molecule has 0 amide bonds. The second-order valence-electron chi connectivity index (χ2n) is 4.67. The molecular weight excluding hydrogens is 220 g/mol. The third kappa shape index (κ3) is 3.59. The highest BCUT2D eigenvalue weighted by Crippen LogP contribution is 2.12. The molecule has 2 rings (SSSR count). The third-order valence-corrected chi connectivity index (χ3v) is 2.92. The summed E-state index contributed by atoms with van der Waals surface area (Å²) in [5, 5.41) is 3.42. The number of aromatic nitrogens is 1. The maximum atomic E-state index is 4.19. The molecule has 2 nitrogen and oxygen atoms in total. The molecule has 0 fully saturated rings. The van der Waals surface area contributed by atoms with Crippen molar-refractivity contribution in [1.82, 2.24) is 4.98 Å². The molecule has 1 aromatic carbocycles. The lowest BCUT2D eigenvalue weighted by Gasteiger charge is -2.07. The Labute approximate surface area is 109 Å². The van der Waals surface area contributed by atoms with Crippen LogP contribution in [-0.2, 0) is 13.0 Å². The molecule has 1 aromatic heterocycles. The molecule has 1 N–H and O–H groups in total. The van der Waals surface area contributed by atoms with Crippen LogP contribution in [0.2, 0.25) is 0 Å². The van der Waals surface area contributed by atoms with Crippen LogP contribution in [-0.4, -0.2) is 4.98 Å². The Hall–Kier alpha value is -1.83. The summed E-state index contributed by atoms with van der Waals surface area (Å²) in [5.41, 5.74) is 4.98. The van der Waals surface area contributed by atoms with E-state index in [2.05, 4.69) is 54.5 Å². The zero-order valence-electron chi connectivity index (χ0n) is 11.1. The number of nitrogens with zero attached hydrogens (tertiary/aromatic N) is 1. The van der Waals surface area contributed by atoms with Crippen molar-refractivity contribution in [2.45, 2.75) is 33.2 Å². The van der Waals surface area contributed by atoms with E-state index in [4.69, 9.17) is 0 Å². The van der Waals surface area contributed by atoms with Gasteiger partial charge in [0.05, 0.1) is 0 Å². The van der Waals surface area contributed by atoms with Gasteiger partial charge in [-0.05, 0) is 42.2 Å².